The van der Waals surface area contributed by atoms with Crippen LogP contribution in [-0.4, -0.2) is 12.3 Å². The van der Waals surface area contributed by atoms with Crippen molar-refractivity contribution in [2.75, 3.05) is 11.9 Å². The van der Waals surface area contributed by atoms with Crippen molar-refractivity contribution in [2.45, 2.75) is 27.7 Å². The van der Waals surface area contributed by atoms with Crippen molar-refractivity contribution in [3.05, 3.63) is 64.2 Å². The monoisotopic (exact) mass is 267 g/mol. The number of hydrogen-bond donors (Lipinski definition) is 1. The summed E-state index contributed by atoms with van der Waals surface area (Å²) in [7, 11) is 0. The summed E-state index contributed by atoms with van der Waals surface area (Å²) in [6, 6.07) is 12.0. The van der Waals surface area contributed by atoms with E-state index >= 15 is 0 Å². The molecule has 0 fully saturated rings. The number of nitrogens with one attached hydrogen (secondary N) is 1. The number of anilines is 1. The lowest BCUT2D eigenvalue weighted by Crippen LogP contribution is -2.14. The van der Waals surface area contributed by atoms with Crippen LogP contribution in [0.15, 0.2) is 36.4 Å². The second-order valence-corrected chi connectivity index (χ2v) is 5.39. The summed E-state index contributed by atoms with van der Waals surface area (Å²) in [5, 5.41) is 3.22. The van der Waals surface area contributed by atoms with Crippen LogP contribution in [0.2, 0.25) is 0 Å². The quantitative estimate of drug-likeness (QED) is 0.840. The Labute approximate surface area is 120 Å². The molecule has 2 heteroatoms. The fraction of sp³-hybridized carbons (Fsp3) is 0.278. The van der Waals surface area contributed by atoms with Crippen molar-refractivity contribution in [1.82, 2.24) is 0 Å². The molecule has 0 amide bonds. The van der Waals surface area contributed by atoms with Crippen LogP contribution in [0.3, 0.4) is 0 Å². The third kappa shape index (κ3) is 3.27. The normalized spacial score (nSPS) is 10.4. The number of carbonyl (C=O) groups is 1. The highest BCUT2D eigenvalue weighted by Crippen LogP contribution is 2.16. The molecule has 0 heterocycles. The third-order valence-electron chi connectivity index (χ3n) is 3.65. The molecule has 0 bridgehead atoms. The van der Waals surface area contributed by atoms with E-state index in [1.54, 1.807) is 0 Å². The maximum atomic E-state index is 12.2. The zero-order valence-corrected chi connectivity index (χ0v) is 12.6. The van der Waals surface area contributed by atoms with Gasteiger partial charge in [0.1, 0.15) is 0 Å². The van der Waals surface area contributed by atoms with E-state index in [1.165, 1.54) is 11.1 Å². The van der Waals surface area contributed by atoms with Crippen molar-refractivity contribution in [3.8, 4) is 0 Å². The molecule has 0 saturated heterocycles. The number of rotatable bonds is 4. The second-order valence-electron chi connectivity index (χ2n) is 5.39. The Kier molecular flexibility index (Phi) is 4.23. The topological polar surface area (TPSA) is 29.1 Å². The molecule has 2 aromatic rings. The number of ketones is 1. The fourth-order valence-electron chi connectivity index (χ4n) is 2.20. The van der Waals surface area contributed by atoms with Gasteiger partial charge in [-0.2, -0.15) is 0 Å². The zero-order valence-electron chi connectivity index (χ0n) is 12.6. The van der Waals surface area contributed by atoms with E-state index in [9.17, 15) is 4.79 Å². The van der Waals surface area contributed by atoms with Crippen LogP contribution in [0.5, 0.6) is 0 Å². The minimum absolute atomic E-state index is 0.119. The predicted molar refractivity (Wildman–Crippen MR) is 84.7 cm³/mol. The SMILES string of the molecule is Cc1ccc(NCC(=O)c2ccc(C)c(C)c2)c(C)c1. The van der Waals surface area contributed by atoms with Gasteiger partial charge in [-0.15, -0.1) is 0 Å². The largest absolute Gasteiger partial charge is 0.377 e. The fourth-order valence-corrected chi connectivity index (χ4v) is 2.20. The van der Waals surface area contributed by atoms with Crippen molar-refractivity contribution in [1.29, 1.82) is 0 Å². The molecule has 0 aromatic heterocycles. The summed E-state index contributed by atoms with van der Waals surface area (Å²) >= 11 is 0. The molecule has 0 spiro atoms. The van der Waals surface area contributed by atoms with E-state index < -0.39 is 0 Å². The third-order valence-corrected chi connectivity index (χ3v) is 3.65. The van der Waals surface area contributed by atoms with Gasteiger partial charge < -0.3 is 5.32 Å². The maximum Gasteiger partial charge on any atom is 0.181 e. The summed E-state index contributed by atoms with van der Waals surface area (Å²) in [5.41, 5.74) is 6.55. The van der Waals surface area contributed by atoms with Crippen molar-refractivity contribution in [2.24, 2.45) is 0 Å². The highest BCUT2D eigenvalue weighted by Gasteiger charge is 2.07. The molecule has 0 aliphatic rings. The maximum absolute atomic E-state index is 12.2. The van der Waals surface area contributed by atoms with Gasteiger partial charge in [-0.05, 0) is 56.5 Å². The van der Waals surface area contributed by atoms with Gasteiger partial charge in [0.05, 0.1) is 6.54 Å². The summed E-state index contributed by atoms with van der Waals surface area (Å²) < 4.78 is 0. The molecule has 0 aliphatic carbocycles. The number of carbonyl (C=O) groups excluding carboxylic acids is 1. The Balaban J connectivity index is 2.06. The average Bonchev–Trinajstić information content (AvgIpc) is 2.40. The highest BCUT2D eigenvalue weighted by atomic mass is 16.1. The van der Waals surface area contributed by atoms with Crippen LogP contribution in [0.4, 0.5) is 5.69 Å². The molecule has 0 radical (unpaired) electrons. The number of benzene rings is 2. The molecule has 0 aliphatic heterocycles. The van der Waals surface area contributed by atoms with Gasteiger partial charge in [-0.3, -0.25) is 4.79 Å². The Morgan fingerprint density at radius 2 is 1.65 bits per heavy atom. The van der Waals surface area contributed by atoms with Crippen LogP contribution < -0.4 is 5.32 Å². The zero-order chi connectivity index (χ0) is 14.7. The molecule has 2 nitrogen and oxygen atoms in total. The lowest BCUT2D eigenvalue weighted by Gasteiger charge is -2.10. The Morgan fingerprint density at radius 3 is 2.30 bits per heavy atom. The molecule has 2 aromatic carbocycles. The van der Waals surface area contributed by atoms with Gasteiger partial charge in [-0.1, -0.05) is 29.8 Å². The summed E-state index contributed by atoms with van der Waals surface area (Å²) in [6.07, 6.45) is 0. The van der Waals surface area contributed by atoms with Crippen LogP contribution in [-0.2, 0) is 0 Å². The predicted octanol–water partition coefficient (Wildman–Crippen LogP) is 4.22. The number of Topliss-reactive ketones (excluding diaryl/α,β-unsaturated/α-hetero) is 1. The van der Waals surface area contributed by atoms with Gasteiger partial charge in [0.15, 0.2) is 5.78 Å². The minimum Gasteiger partial charge on any atom is -0.377 e. The Morgan fingerprint density at radius 1 is 0.900 bits per heavy atom. The van der Waals surface area contributed by atoms with E-state index in [1.807, 2.05) is 31.2 Å². The molecular weight excluding hydrogens is 246 g/mol. The Hall–Kier alpha value is -2.09. The molecule has 0 saturated carbocycles. The first kappa shape index (κ1) is 14.3. The van der Waals surface area contributed by atoms with E-state index in [4.69, 9.17) is 0 Å². The summed E-state index contributed by atoms with van der Waals surface area (Å²) in [6.45, 7) is 8.53. The van der Waals surface area contributed by atoms with Crippen molar-refractivity contribution >= 4 is 11.5 Å². The smallest absolute Gasteiger partial charge is 0.181 e. The molecule has 0 atom stereocenters. The van der Waals surface area contributed by atoms with E-state index in [2.05, 4.69) is 38.2 Å². The van der Waals surface area contributed by atoms with Gasteiger partial charge in [0.2, 0.25) is 0 Å². The van der Waals surface area contributed by atoms with E-state index in [0.717, 1.165) is 22.4 Å². The minimum atomic E-state index is 0.119. The van der Waals surface area contributed by atoms with Gasteiger partial charge in [-0.25, -0.2) is 0 Å². The number of aryl methyl sites for hydroxylation is 4. The number of hydrogen-bond acceptors (Lipinski definition) is 2. The standard InChI is InChI=1S/C18H21NO/c1-12-5-8-17(15(4)9-12)19-11-18(20)16-7-6-13(2)14(3)10-16/h5-10,19H,11H2,1-4H3. The summed E-state index contributed by atoms with van der Waals surface area (Å²) in [5.74, 6) is 0.119. The second kappa shape index (κ2) is 5.91. The van der Waals surface area contributed by atoms with Gasteiger partial charge >= 0.3 is 0 Å². The van der Waals surface area contributed by atoms with Crippen molar-refractivity contribution in [3.63, 3.8) is 0 Å². The lowest BCUT2D eigenvalue weighted by atomic mass is 10.0. The highest BCUT2D eigenvalue weighted by molar-refractivity contribution is 5.99. The van der Waals surface area contributed by atoms with Crippen molar-refractivity contribution < 1.29 is 4.79 Å². The molecule has 104 valence electrons. The van der Waals surface area contributed by atoms with Gasteiger partial charge in [0.25, 0.3) is 0 Å². The lowest BCUT2D eigenvalue weighted by molar-refractivity contribution is 0.101. The first-order chi connectivity index (χ1) is 9.47. The Bertz CT molecular complexity index is 644. The molecule has 1 N–H and O–H groups in total. The molecule has 2 rings (SSSR count). The average molecular weight is 267 g/mol. The summed E-state index contributed by atoms with van der Waals surface area (Å²) in [4.78, 5) is 12.2. The van der Waals surface area contributed by atoms with Gasteiger partial charge in [0, 0.05) is 11.3 Å². The molecular formula is C18H21NO. The molecule has 20 heavy (non-hydrogen) atoms. The van der Waals surface area contributed by atoms with Crippen LogP contribution in [0.1, 0.15) is 32.6 Å². The van der Waals surface area contributed by atoms with Crippen LogP contribution in [0, 0.1) is 27.7 Å². The van der Waals surface area contributed by atoms with Crippen LogP contribution >= 0.6 is 0 Å². The van der Waals surface area contributed by atoms with E-state index in [-0.39, 0.29) is 5.78 Å². The van der Waals surface area contributed by atoms with Crippen LogP contribution in [0.25, 0.3) is 0 Å². The van der Waals surface area contributed by atoms with E-state index in [0.29, 0.717) is 6.54 Å². The first-order valence-corrected chi connectivity index (χ1v) is 6.89. The molecule has 0 unspecified atom stereocenters. The first-order valence-electron chi connectivity index (χ1n) is 6.89.